The molecule has 0 bridgehead atoms. The quantitative estimate of drug-likeness (QED) is 0.619. The van der Waals surface area contributed by atoms with Crippen molar-refractivity contribution < 1.29 is 17.9 Å². The monoisotopic (exact) mass is 391 g/mol. The van der Waals surface area contributed by atoms with Crippen LogP contribution in [0.4, 0.5) is 5.82 Å². The van der Waals surface area contributed by atoms with Gasteiger partial charge in [0, 0.05) is 25.0 Å². The zero-order chi connectivity index (χ0) is 19.6. The highest BCUT2D eigenvalue weighted by Gasteiger charge is 2.27. The third-order valence-electron chi connectivity index (χ3n) is 3.66. The Hall–Kier alpha value is -2.88. The predicted octanol–water partition coefficient (Wildman–Crippen LogP) is 2.16. The Labute approximate surface area is 157 Å². The topological polar surface area (TPSA) is 108 Å². The van der Waals surface area contributed by atoms with E-state index in [2.05, 4.69) is 14.8 Å². The van der Waals surface area contributed by atoms with Crippen molar-refractivity contribution in [2.45, 2.75) is 32.3 Å². The van der Waals surface area contributed by atoms with Crippen LogP contribution in [0.3, 0.4) is 0 Å². The molecule has 3 aromatic rings. The molecule has 0 amide bonds. The average molecular weight is 391 g/mol. The fraction of sp³-hybridized carbons (Fsp3) is 0.353. The smallest absolute Gasteiger partial charge is 0.374 e. The van der Waals surface area contributed by atoms with Crippen LogP contribution >= 0.6 is 0 Å². The molecule has 9 nitrogen and oxygen atoms in total. The molecule has 0 atom stereocenters. The van der Waals surface area contributed by atoms with Crippen molar-refractivity contribution in [2.24, 2.45) is 5.92 Å². The Bertz CT molecular complexity index is 1070. The van der Waals surface area contributed by atoms with E-state index in [0.717, 1.165) is 0 Å². The lowest BCUT2D eigenvalue weighted by molar-refractivity contribution is 0.0511. The molecule has 0 aliphatic carbocycles. The fourth-order valence-electron chi connectivity index (χ4n) is 2.62. The lowest BCUT2D eigenvalue weighted by Gasteiger charge is -2.05. The van der Waals surface area contributed by atoms with Crippen molar-refractivity contribution in [3.05, 3.63) is 42.5 Å². The van der Waals surface area contributed by atoms with E-state index in [9.17, 15) is 13.2 Å². The van der Waals surface area contributed by atoms with Gasteiger partial charge in [-0.3, -0.25) is 13.8 Å². The van der Waals surface area contributed by atoms with E-state index in [1.54, 1.807) is 48.3 Å². The maximum absolute atomic E-state index is 12.9. The molecule has 144 valence electrons. The minimum Gasteiger partial charge on any atom is -0.460 e. The van der Waals surface area contributed by atoms with Crippen LogP contribution in [-0.2, 0) is 21.3 Å². The van der Waals surface area contributed by atoms with Crippen LogP contribution in [0, 0.1) is 5.92 Å². The van der Waals surface area contributed by atoms with Crippen molar-refractivity contribution in [1.29, 1.82) is 0 Å². The van der Waals surface area contributed by atoms with E-state index in [0.29, 0.717) is 12.5 Å². The number of sulfonamides is 1. The second-order valence-corrected chi connectivity index (χ2v) is 7.94. The summed E-state index contributed by atoms with van der Waals surface area (Å²) >= 11 is 0. The second kappa shape index (κ2) is 7.39. The summed E-state index contributed by atoms with van der Waals surface area (Å²) in [4.78, 5) is 16.2. The van der Waals surface area contributed by atoms with Crippen LogP contribution in [-0.4, -0.2) is 40.2 Å². The van der Waals surface area contributed by atoms with Gasteiger partial charge in [0.25, 0.3) is 10.0 Å². The number of ether oxygens (including phenoxy) is 1. The highest BCUT2D eigenvalue weighted by Crippen LogP contribution is 2.21. The van der Waals surface area contributed by atoms with Gasteiger partial charge in [0.05, 0.1) is 12.1 Å². The van der Waals surface area contributed by atoms with E-state index >= 15 is 0 Å². The molecule has 27 heavy (non-hydrogen) atoms. The lowest BCUT2D eigenvalue weighted by atomic mass is 10.2. The normalized spacial score (nSPS) is 11.9. The number of nitrogens with one attached hydrogen (secondary N) is 1. The number of esters is 1. The maximum atomic E-state index is 12.9. The number of hydrogen-bond donors (Lipinski definition) is 1. The molecule has 0 unspecified atom stereocenters. The third kappa shape index (κ3) is 3.95. The first-order chi connectivity index (χ1) is 12.8. The van der Waals surface area contributed by atoms with Crippen LogP contribution in [0.1, 0.15) is 31.4 Å². The molecule has 0 radical (unpaired) electrons. The third-order valence-corrected chi connectivity index (χ3v) is 4.95. The molecule has 0 saturated carbocycles. The minimum absolute atomic E-state index is 0.0989. The van der Waals surface area contributed by atoms with Gasteiger partial charge in [-0.05, 0) is 25.0 Å². The number of rotatable bonds is 7. The molecule has 0 aliphatic rings. The summed E-state index contributed by atoms with van der Waals surface area (Å²) in [6, 6.07) is 6.49. The van der Waals surface area contributed by atoms with Crippen LogP contribution in [0.25, 0.3) is 5.52 Å². The van der Waals surface area contributed by atoms with Crippen LogP contribution in [0.5, 0.6) is 0 Å². The number of anilines is 1. The zero-order valence-electron chi connectivity index (χ0n) is 15.3. The first kappa shape index (κ1) is 18.9. The summed E-state index contributed by atoms with van der Waals surface area (Å²) < 4.78 is 36.1. The SMILES string of the molecule is CCOC(=O)c1nc(S(=O)(=O)Nc2ccn(CC(C)C)n2)c2ccccn12. The van der Waals surface area contributed by atoms with Crippen LogP contribution in [0.15, 0.2) is 41.7 Å². The Morgan fingerprint density at radius 1 is 1.26 bits per heavy atom. The minimum atomic E-state index is -4.05. The molecular weight excluding hydrogens is 370 g/mol. The number of pyridine rings is 1. The summed E-state index contributed by atoms with van der Waals surface area (Å²) in [5, 5.41) is 3.95. The van der Waals surface area contributed by atoms with E-state index in [-0.39, 0.29) is 28.8 Å². The maximum Gasteiger partial charge on any atom is 0.374 e. The summed E-state index contributed by atoms with van der Waals surface area (Å²) in [5.41, 5.74) is 0.273. The van der Waals surface area contributed by atoms with Crippen molar-refractivity contribution in [2.75, 3.05) is 11.3 Å². The highest BCUT2D eigenvalue weighted by molar-refractivity contribution is 7.92. The predicted molar refractivity (Wildman–Crippen MR) is 99.0 cm³/mol. The molecule has 3 aromatic heterocycles. The first-order valence-corrected chi connectivity index (χ1v) is 10.0. The lowest BCUT2D eigenvalue weighted by Crippen LogP contribution is -2.15. The van der Waals surface area contributed by atoms with Crippen molar-refractivity contribution >= 4 is 27.3 Å². The van der Waals surface area contributed by atoms with Gasteiger partial charge in [-0.25, -0.2) is 9.78 Å². The second-order valence-electron chi connectivity index (χ2n) is 6.34. The number of carbonyl (C=O) groups is 1. The number of hydrogen-bond acceptors (Lipinski definition) is 6. The molecule has 3 heterocycles. The number of aromatic nitrogens is 4. The summed E-state index contributed by atoms with van der Waals surface area (Å²) in [6.07, 6.45) is 3.26. The van der Waals surface area contributed by atoms with Gasteiger partial charge in [-0.2, -0.15) is 13.5 Å². The largest absolute Gasteiger partial charge is 0.460 e. The van der Waals surface area contributed by atoms with E-state index < -0.39 is 16.0 Å². The first-order valence-electron chi connectivity index (χ1n) is 8.52. The van der Waals surface area contributed by atoms with Gasteiger partial charge in [-0.15, -0.1) is 0 Å². The summed E-state index contributed by atoms with van der Waals surface area (Å²) in [6.45, 7) is 6.58. The molecule has 0 spiro atoms. The number of carbonyl (C=O) groups excluding carboxylic acids is 1. The van der Waals surface area contributed by atoms with Gasteiger partial charge in [0.15, 0.2) is 5.82 Å². The Kier molecular flexibility index (Phi) is 5.17. The standard InChI is InChI=1S/C17H21N5O4S/c1-4-26-17(23)15-18-16(13-7-5-6-9-22(13)15)27(24,25)20-14-8-10-21(19-14)11-12(2)3/h5-10,12H,4,11H2,1-3H3,(H,19,20). The van der Waals surface area contributed by atoms with E-state index in [1.165, 1.54) is 4.40 Å². The van der Waals surface area contributed by atoms with E-state index in [4.69, 9.17) is 4.74 Å². The number of fused-ring (bicyclic) bond motifs is 1. The Morgan fingerprint density at radius 3 is 2.74 bits per heavy atom. The summed E-state index contributed by atoms with van der Waals surface area (Å²) in [5.74, 6) is -0.233. The molecule has 0 saturated heterocycles. The van der Waals surface area contributed by atoms with Crippen LogP contribution in [0.2, 0.25) is 0 Å². The molecular formula is C17H21N5O4S. The molecule has 1 N–H and O–H groups in total. The van der Waals surface area contributed by atoms with Crippen LogP contribution < -0.4 is 4.72 Å². The number of nitrogens with zero attached hydrogens (tertiary/aromatic N) is 4. The molecule has 3 rings (SSSR count). The number of imidazole rings is 1. The zero-order valence-corrected chi connectivity index (χ0v) is 16.1. The van der Waals surface area contributed by atoms with Crippen molar-refractivity contribution in [1.82, 2.24) is 19.2 Å². The van der Waals surface area contributed by atoms with Crippen molar-refractivity contribution in [3.63, 3.8) is 0 Å². The highest BCUT2D eigenvalue weighted by atomic mass is 32.2. The van der Waals surface area contributed by atoms with Gasteiger partial charge in [0.2, 0.25) is 10.9 Å². The molecule has 10 heteroatoms. The average Bonchev–Trinajstić information content (AvgIpc) is 3.18. The Balaban J connectivity index is 1.98. The molecule has 0 fully saturated rings. The van der Waals surface area contributed by atoms with E-state index in [1.807, 2.05) is 13.8 Å². The van der Waals surface area contributed by atoms with Gasteiger partial charge in [0.1, 0.15) is 0 Å². The van der Waals surface area contributed by atoms with Gasteiger partial charge >= 0.3 is 5.97 Å². The Morgan fingerprint density at radius 2 is 2.04 bits per heavy atom. The van der Waals surface area contributed by atoms with Gasteiger partial charge < -0.3 is 4.74 Å². The fourth-order valence-corrected chi connectivity index (χ4v) is 3.75. The molecule has 0 aliphatic heterocycles. The molecule has 0 aromatic carbocycles. The van der Waals surface area contributed by atoms with Gasteiger partial charge in [-0.1, -0.05) is 19.9 Å². The van der Waals surface area contributed by atoms with Crippen molar-refractivity contribution in [3.8, 4) is 0 Å². The summed E-state index contributed by atoms with van der Waals surface area (Å²) in [7, 11) is -4.05.